The fourth-order valence-electron chi connectivity index (χ4n) is 2.20. The summed E-state index contributed by atoms with van der Waals surface area (Å²) in [7, 11) is 0. The Kier molecular flexibility index (Phi) is 4.78. The van der Waals surface area contributed by atoms with Gasteiger partial charge in [0, 0.05) is 19.1 Å². The molecule has 17 heavy (non-hydrogen) atoms. The van der Waals surface area contributed by atoms with Gasteiger partial charge in [0.15, 0.2) is 5.92 Å². The minimum Gasteiger partial charge on any atom is -0.327 e. The molecule has 0 aromatic heterocycles. The van der Waals surface area contributed by atoms with Crippen LogP contribution in [0.2, 0.25) is 0 Å². The molecule has 1 fully saturated rings. The third-order valence-corrected chi connectivity index (χ3v) is 3.39. The van der Waals surface area contributed by atoms with Crippen LogP contribution in [0.4, 0.5) is 13.2 Å². The van der Waals surface area contributed by atoms with E-state index in [-0.39, 0.29) is 18.5 Å². The molecule has 0 bridgehead atoms. The van der Waals surface area contributed by atoms with E-state index in [2.05, 4.69) is 0 Å². The summed E-state index contributed by atoms with van der Waals surface area (Å²) in [6.07, 6.45) is -2.87. The highest BCUT2D eigenvalue weighted by molar-refractivity contribution is 4.92. The van der Waals surface area contributed by atoms with Crippen molar-refractivity contribution < 1.29 is 13.2 Å². The summed E-state index contributed by atoms with van der Waals surface area (Å²) in [5.41, 5.74) is 5.89. The van der Waals surface area contributed by atoms with Crippen LogP contribution in [-0.2, 0) is 0 Å². The first-order valence-electron chi connectivity index (χ1n) is 5.82. The highest BCUT2D eigenvalue weighted by Gasteiger charge is 2.41. The smallest absolute Gasteiger partial charge is 0.327 e. The molecule has 0 amide bonds. The van der Waals surface area contributed by atoms with E-state index in [0.717, 1.165) is 6.42 Å². The van der Waals surface area contributed by atoms with Crippen molar-refractivity contribution in [3.05, 3.63) is 0 Å². The highest BCUT2D eigenvalue weighted by Crippen LogP contribution is 2.28. The van der Waals surface area contributed by atoms with Gasteiger partial charge < -0.3 is 10.6 Å². The second-order valence-electron chi connectivity index (χ2n) is 4.60. The summed E-state index contributed by atoms with van der Waals surface area (Å²) in [6.45, 7) is 2.86. The molecule has 6 heteroatoms. The quantitative estimate of drug-likeness (QED) is 0.829. The van der Waals surface area contributed by atoms with Gasteiger partial charge in [0.25, 0.3) is 0 Å². The van der Waals surface area contributed by atoms with Crippen molar-refractivity contribution in [2.45, 2.75) is 32.0 Å². The minimum atomic E-state index is -4.43. The number of likely N-dealkylation sites (tertiary alicyclic amines) is 1. The number of nitrogens with zero attached hydrogens (tertiary/aromatic N) is 2. The van der Waals surface area contributed by atoms with Crippen LogP contribution < -0.4 is 5.73 Å². The van der Waals surface area contributed by atoms with Crippen LogP contribution in [0.3, 0.4) is 0 Å². The van der Waals surface area contributed by atoms with E-state index in [1.165, 1.54) is 6.07 Å². The van der Waals surface area contributed by atoms with Crippen LogP contribution in [0.1, 0.15) is 19.8 Å². The predicted octanol–water partition coefficient (Wildman–Crippen LogP) is 1.75. The molecular formula is C11H18F3N3. The lowest BCUT2D eigenvalue weighted by molar-refractivity contribution is -0.164. The lowest BCUT2D eigenvalue weighted by atomic mass is 9.90. The monoisotopic (exact) mass is 249 g/mol. The molecule has 1 rings (SSSR count). The molecule has 98 valence electrons. The largest absolute Gasteiger partial charge is 0.405 e. The highest BCUT2D eigenvalue weighted by atomic mass is 19.4. The maximum Gasteiger partial charge on any atom is 0.405 e. The second-order valence-corrected chi connectivity index (χ2v) is 4.60. The summed E-state index contributed by atoms with van der Waals surface area (Å²) in [5, 5.41) is 8.55. The van der Waals surface area contributed by atoms with Gasteiger partial charge in [0.1, 0.15) is 0 Å². The van der Waals surface area contributed by atoms with E-state index in [4.69, 9.17) is 11.0 Å². The number of hydrogen-bond donors (Lipinski definition) is 1. The first-order valence-corrected chi connectivity index (χ1v) is 5.82. The second kappa shape index (κ2) is 5.69. The van der Waals surface area contributed by atoms with Crippen molar-refractivity contribution in [1.82, 2.24) is 4.90 Å². The molecule has 3 nitrogen and oxygen atoms in total. The van der Waals surface area contributed by atoms with Crippen LogP contribution >= 0.6 is 0 Å². The summed E-state index contributed by atoms with van der Waals surface area (Å²) in [4.78, 5) is 1.71. The third-order valence-electron chi connectivity index (χ3n) is 3.39. The fraction of sp³-hybridized carbons (Fsp3) is 0.909. The molecular weight excluding hydrogens is 231 g/mol. The Hall–Kier alpha value is -0.800. The molecule has 1 aliphatic rings. The Morgan fingerprint density at radius 1 is 1.53 bits per heavy atom. The zero-order chi connectivity index (χ0) is 13.1. The normalized spacial score (nSPS) is 28.7. The van der Waals surface area contributed by atoms with Gasteiger partial charge in [-0.3, -0.25) is 0 Å². The number of piperidine rings is 1. The van der Waals surface area contributed by atoms with Crippen LogP contribution in [0, 0.1) is 23.2 Å². The first kappa shape index (κ1) is 14.3. The molecule has 0 spiro atoms. The average Bonchev–Trinajstić information content (AvgIpc) is 2.26. The van der Waals surface area contributed by atoms with E-state index >= 15 is 0 Å². The summed E-state index contributed by atoms with van der Waals surface area (Å²) in [5.74, 6) is -1.66. The Bertz CT molecular complexity index is 285. The number of hydrogen-bond acceptors (Lipinski definition) is 3. The van der Waals surface area contributed by atoms with Crippen molar-refractivity contribution in [3.8, 4) is 6.07 Å². The van der Waals surface area contributed by atoms with E-state index < -0.39 is 12.1 Å². The molecule has 1 saturated heterocycles. The SMILES string of the molecule is CCC1CN(CC(C#N)C(F)(F)F)CCC1N. The molecule has 0 saturated carbocycles. The number of alkyl halides is 3. The molecule has 0 radical (unpaired) electrons. The zero-order valence-corrected chi connectivity index (χ0v) is 9.87. The maximum absolute atomic E-state index is 12.5. The van der Waals surface area contributed by atoms with Crippen LogP contribution in [0.5, 0.6) is 0 Å². The Morgan fingerprint density at radius 3 is 2.65 bits per heavy atom. The number of nitrogens with two attached hydrogens (primary N) is 1. The van der Waals surface area contributed by atoms with E-state index in [9.17, 15) is 13.2 Å². The van der Waals surface area contributed by atoms with Gasteiger partial charge in [-0.2, -0.15) is 18.4 Å². The van der Waals surface area contributed by atoms with Gasteiger partial charge in [-0.25, -0.2) is 0 Å². The molecule has 0 aromatic rings. The van der Waals surface area contributed by atoms with Gasteiger partial charge in [0.2, 0.25) is 0 Å². The Morgan fingerprint density at radius 2 is 2.18 bits per heavy atom. The summed E-state index contributed by atoms with van der Waals surface area (Å²) >= 11 is 0. The molecule has 0 aromatic carbocycles. The van der Waals surface area contributed by atoms with Crippen molar-refractivity contribution in [2.24, 2.45) is 17.6 Å². The van der Waals surface area contributed by atoms with Crippen molar-refractivity contribution in [1.29, 1.82) is 5.26 Å². The fourth-order valence-corrected chi connectivity index (χ4v) is 2.20. The first-order chi connectivity index (χ1) is 7.88. The summed E-state index contributed by atoms with van der Waals surface area (Å²) < 4.78 is 37.4. The average molecular weight is 249 g/mol. The van der Waals surface area contributed by atoms with Gasteiger partial charge in [-0.15, -0.1) is 0 Å². The van der Waals surface area contributed by atoms with Gasteiger partial charge in [-0.1, -0.05) is 13.3 Å². The lowest BCUT2D eigenvalue weighted by Gasteiger charge is -2.37. The standard InChI is InChI=1S/C11H18F3N3/c1-2-8-6-17(4-3-10(8)16)7-9(5-15)11(12,13)14/h8-10H,2-4,6-7,16H2,1H3. The zero-order valence-electron chi connectivity index (χ0n) is 9.87. The number of halogens is 3. The third kappa shape index (κ3) is 3.86. The van der Waals surface area contributed by atoms with Gasteiger partial charge in [0.05, 0.1) is 6.07 Å². The van der Waals surface area contributed by atoms with Gasteiger partial charge in [-0.05, 0) is 18.9 Å². The van der Waals surface area contributed by atoms with Crippen molar-refractivity contribution >= 4 is 0 Å². The van der Waals surface area contributed by atoms with Crippen LogP contribution in [0.25, 0.3) is 0 Å². The molecule has 1 heterocycles. The molecule has 1 aliphatic heterocycles. The molecule has 2 N–H and O–H groups in total. The molecule has 3 atom stereocenters. The van der Waals surface area contributed by atoms with E-state index in [0.29, 0.717) is 19.5 Å². The number of rotatable bonds is 3. The Balaban J connectivity index is 2.55. The Labute approximate surface area is 99.4 Å². The maximum atomic E-state index is 12.5. The van der Waals surface area contributed by atoms with Crippen molar-refractivity contribution in [2.75, 3.05) is 19.6 Å². The number of nitriles is 1. The van der Waals surface area contributed by atoms with Gasteiger partial charge >= 0.3 is 6.18 Å². The predicted molar refractivity (Wildman–Crippen MR) is 58.0 cm³/mol. The topological polar surface area (TPSA) is 53.0 Å². The molecule has 0 aliphatic carbocycles. The van der Waals surface area contributed by atoms with Crippen molar-refractivity contribution in [3.63, 3.8) is 0 Å². The minimum absolute atomic E-state index is 0.0719. The summed E-state index contributed by atoms with van der Waals surface area (Å²) in [6, 6.07) is 1.41. The lowest BCUT2D eigenvalue weighted by Crippen LogP contribution is -2.49. The molecule has 3 unspecified atom stereocenters. The van der Waals surface area contributed by atoms with E-state index in [1.54, 1.807) is 4.90 Å². The van der Waals surface area contributed by atoms with Crippen LogP contribution in [0.15, 0.2) is 0 Å². The van der Waals surface area contributed by atoms with Crippen LogP contribution in [-0.4, -0.2) is 36.8 Å². The van der Waals surface area contributed by atoms with E-state index in [1.807, 2.05) is 6.92 Å².